The second kappa shape index (κ2) is 12.1. The lowest BCUT2D eigenvalue weighted by atomic mass is 10.1. The molecule has 0 saturated heterocycles. The molecule has 0 heterocycles. The van der Waals surface area contributed by atoms with E-state index >= 15 is 0 Å². The second-order valence-electron chi connectivity index (χ2n) is 9.28. The summed E-state index contributed by atoms with van der Waals surface area (Å²) in [5.74, 6) is -0.873. The molecule has 178 valence electrons. The van der Waals surface area contributed by atoms with Gasteiger partial charge in [0.25, 0.3) is 0 Å². The third-order valence-corrected chi connectivity index (χ3v) is 5.17. The molecule has 1 atom stereocenters. The Morgan fingerprint density at radius 1 is 0.735 bits per heavy atom. The number of nitrogens with zero attached hydrogens (tertiary/aromatic N) is 1. The highest BCUT2D eigenvalue weighted by Gasteiger charge is 2.32. The minimum Gasteiger partial charge on any atom is -0.460 e. The van der Waals surface area contributed by atoms with E-state index in [0.29, 0.717) is 13.1 Å². The van der Waals surface area contributed by atoms with Crippen LogP contribution in [0.15, 0.2) is 91.0 Å². The van der Waals surface area contributed by atoms with Crippen LogP contribution in [-0.2, 0) is 38.8 Å². The van der Waals surface area contributed by atoms with Crippen molar-refractivity contribution in [1.82, 2.24) is 4.90 Å². The fraction of sp³-hybridized carbons (Fsp3) is 0.310. The van der Waals surface area contributed by atoms with Crippen molar-refractivity contribution in [2.75, 3.05) is 0 Å². The number of rotatable bonds is 10. The number of hydrogen-bond acceptors (Lipinski definition) is 5. The second-order valence-corrected chi connectivity index (χ2v) is 9.28. The van der Waals surface area contributed by atoms with Crippen LogP contribution in [0.25, 0.3) is 0 Å². The van der Waals surface area contributed by atoms with E-state index < -0.39 is 23.6 Å². The highest BCUT2D eigenvalue weighted by atomic mass is 16.6. The Labute approximate surface area is 202 Å². The van der Waals surface area contributed by atoms with Gasteiger partial charge in [-0.05, 0) is 37.5 Å². The molecule has 0 saturated carbocycles. The highest BCUT2D eigenvalue weighted by Crippen LogP contribution is 2.20. The molecule has 0 aromatic heterocycles. The summed E-state index contributed by atoms with van der Waals surface area (Å²) in [6, 6.07) is 28.6. The number of carbonyl (C=O) groups is 2. The first-order valence-corrected chi connectivity index (χ1v) is 11.5. The van der Waals surface area contributed by atoms with Crippen LogP contribution in [0.3, 0.4) is 0 Å². The molecule has 0 aliphatic heterocycles. The van der Waals surface area contributed by atoms with Crippen LogP contribution in [0.2, 0.25) is 0 Å². The Hall–Kier alpha value is -3.44. The number of ether oxygens (including phenoxy) is 2. The predicted octanol–water partition coefficient (Wildman–Crippen LogP) is 5.53. The van der Waals surface area contributed by atoms with Crippen molar-refractivity contribution in [1.29, 1.82) is 0 Å². The Bertz CT molecular complexity index is 988. The van der Waals surface area contributed by atoms with Gasteiger partial charge in [0.15, 0.2) is 0 Å². The topological polar surface area (TPSA) is 55.8 Å². The smallest absolute Gasteiger partial charge is 0.324 e. The van der Waals surface area contributed by atoms with Crippen LogP contribution in [0.1, 0.15) is 43.9 Å². The molecule has 34 heavy (non-hydrogen) atoms. The highest BCUT2D eigenvalue weighted by molar-refractivity contribution is 5.83. The van der Waals surface area contributed by atoms with E-state index in [1.165, 1.54) is 0 Å². The Balaban J connectivity index is 1.86. The Kier molecular flexibility index (Phi) is 9.00. The molecule has 5 heteroatoms. The Morgan fingerprint density at radius 2 is 1.18 bits per heavy atom. The molecule has 0 fully saturated rings. The maximum atomic E-state index is 13.4. The van der Waals surface area contributed by atoms with Crippen LogP contribution in [0, 0.1) is 0 Å². The summed E-state index contributed by atoms with van der Waals surface area (Å²) in [5, 5.41) is 0. The molecule has 0 amide bonds. The largest absolute Gasteiger partial charge is 0.460 e. The minimum absolute atomic E-state index is 0.0927. The third-order valence-electron chi connectivity index (χ3n) is 5.17. The summed E-state index contributed by atoms with van der Waals surface area (Å²) in [7, 11) is 0. The molecular formula is C29H33NO4. The van der Waals surface area contributed by atoms with E-state index in [1.54, 1.807) is 0 Å². The lowest BCUT2D eigenvalue weighted by Crippen LogP contribution is -2.43. The molecule has 3 aromatic rings. The van der Waals surface area contributed by atoms with Gasteiger partial charge < -0.3 is 9.47 Å². The van der Waals surface area contributed by atoms with E-state index in [0.717, 1.165) is 16.7 Å². The van der Waals surface area contributed by atoms with Gasteiger partial charge in [-0.1, -0.05) is 91.0 Å². The lowest BCUT2D eigenvalue weighted by Gasteiger charge is -2.31. The first kappa shape index (κ1) is 25.2. The zero-order chi connectivity index (χ0) is 24.4. The molecule has 0 N–H and O–H groups in total. The molecule has 0 bridgehead atoms. The van der Waals surface area contributed by atoms with Crippen molar-refractivity contribution in [3.8, 4) is 0 Å². The zero-order valence-electron chi connectivity index (χ0n) is 20.1. The van der Waals surface area contributed by atoms with Gasteiger partial charge in [-0.15, -0.1) is 0 Å². The third kappa shape index (κ3) is 8.49. The van der Waals surface area contributed by atoms with Crippen molar-refractivity contribution >= 4 is 11.9 Å². The number of hydrogen-bond donors (Lipinski definition) is 0. The standard InChI is InChI=1S/C29H33NO4/c1-29(2,3)34-27(31)19-26(28(32)33-22-25-17-11-6-12-18-25)30(20-23-13-7-4-8-14-23)21-24-15-9-5-10-16-24/h4-18,26H,19-22H2,1-3H3/t26-/m0/s1. The number of carbonyl (C=O) groups excluding carboxylic acids is 2. The van der Waals surface area contributed by atoms with E-state index in [1.807, 2.05) is 117 Å². The van der Waals surface area contributed by atoms with Crippen molar-refractivity contribution in [2.45, 2.75) is 58.5 Å². The van der Waals surface area contributed by atoms with Gasteiger partial charge >= 0.3 is 11.9 Å². The average Bonchev–Trinajstić information content (AvgIpc) is 2.81. The van der Waals surface area contributed by atoms with Gasteiger partial charge in [0.2, 0.25) is 0 Å². The summed E-state index contributed by atoms with van der Waals surface area (Å²) in [5.41, 5.74) is 2.34. The van der Waals surface area contributed by atoms with Crippen LogP contribution in [0.5, 0.6) is 0 Å². The monoisotopic (exact) mass is 459 g/mol. The van der Waals surface area contributed by atoms with Gasteiger partial charge in [-0.3, -0.25) is 14.5 Å². The predicted molar refractivity (Wildman–Crippen MR) is 133 cm³/mol. The Morgan fingerprint density at radius 3 is 1.62 bits per heavy atom. The maximum absolute atomic E-state index is 13.4. The van der Waals surface area contributed by atoms with Crippen molar-refractivity contribution in [3.63, 3.8) is 0 Å². The van der Waals surface area contributed by atoms with E-state index in [-0.39, 0.29) is 13.0 Å². The molecule has 3 aromatic carbocycles. The van der Waals surface area contributed by atoms with Crippen molar-refractivity contribution in [3.05, 3.63) is 108 Å². The van der Waals surface area contributed by atoms with Crippen LogP contribution < -0.4 is 0 Å². The van der Waals surface area contributed by atoms with Gasteiger partial charge in [-0.2, -0.15) is 0 Å². The van der Waals surface area contributed by atoms with Gasteiger partial charge in [0.05, 0.1) is 6.42 Å². The molecule has 0 spiro atoms. The normalized spacial score (nSPS) is 12.2. The summed E-state index contributed by atoms with van der Waals surface area (Å²) in [4.78, 5) is 28.2. The maximum Gasteiger partial charge on any atom is 0.324 e. The summed E-state index contributed by atoms with van der Waals surface area (Å²) < 4.78 is 11.2. The summed E-state index contributed by atoms with van der Waals surface area (Å²) in [6.45, 7) is 6.58. The van der Waals surface area contributed by atoms with Gasteiger partial charge in [0.1, 0.15) is 18.2 Å². The molecule has 0 aliphatic rings. The average molecular weight is 460 g/mol. The number of benzene rings is 3. The molecule has 0 aliphatic carbocycles. The van der Waals surface area contributed by atoms with Crippen LogP contribution in [-0.4, -0.2) is 28.5 Å². The zero-order valence-corrected chi connectivity index (χ0v) is 20.1. The van der Waals surface area contributed by atoms with Gasteiger partial charge in [0, 0.05) is 13.1 Å². The van der Waals surface area contributed by atoms with Gasteiger partial charge in [-0.25, -0.2) is 0 Å². The summed E-state index contributed by atoms with van der Waals surface area (Å²) >= 11 is 0. The van der Waals surface area contributed by atoms with Crippen LogP contribution >= 0.6 is 0 Å². The first-order chi connectivity index (χ1) is 16.3. The molecule has 5 nitrogen and oxygen atoms in total. The molecule has 3 rings (SSSR count). The fourth-order valence-corrected chi connectivity index (χ4v) is 3.64. The molecular weight excluding hydrogens is 426 g/mol. The van der Waals surface area contributed by atoms with E-state index in [4.69, 9.17) is 9.47 Å². The fourth-order valence-electron chi connectivity index (χ4n) is 3.64. The van der Waals surface area contributed by atoms with Crippen LogP contribution in [0.4, 0.5) is 0 Å². The lowest BCUT2D eigenvalue weighted by molar-refractivity contribution is -0.163. The minimum atomic E-state index is -0.793. The van der Waals surface area contributed by atoms with Crippen molar-refractivity contribution < 1.29 is 19.1 Å². The summed E-state index contributed by atoms with van der Waals surface area (Å²) in [6.07, 6.45) is -0.0927. The molecule has 0 radical (unpaired) electrons. The van der Waals surface area contributed by atoms with Crippen molar-refractivity contribution in [2.24, 2.45) is 0 Å². The quantitative estimate of drug-likeness (QED) is 0.373. The SMILES string of the molecule is CC(C)(C)OC(=O)C[C@@H](C(=O)OCc1ccccc1)N(Cc1ccccc1)Cc1ccccc1. The van der Waals surface area contributed by atoms with E-state index in [9.17, 15) is 9.59 Å². The molecule has 0 unspecified atom stereocenters. The first-order valence-electron chi connectivity index (χ1n) is 11.5. The number of esters is 2. The van der Waals surface area contributed by atoms with E-state index in [2.05, 4.69) is 0 Å².